The van der Waals surface area contributed by atoms with Crippen LogP contribution in [0, 0.1) is 0 Å². The minimum absolute atomic E-state index is 0.0821. The highest BCUT2D eigenvalue weighted by Crippen LogP contribution is 2.36. The molecular weight excluding hydrogens is 413 g/mol. The van der Waals surface area contributed by atoms with Gasteiger partial charge in [0.2, 0.25) is 0 Å². The van der Waals surface area contributed by atoms with Gasteiger partial charge in [-0.15, -0.1) is 0 Å². The van der Waals surface area contributed by atoms with Crippen LogP contribution in [-0.4, -0.2) is 41.5 Å². The second-order valence-corrected chi connectivity index (χ2v) is 9.86. The van der Waals surface area contributed by atoms with Crippen molar-refractivity contribution in [3.05, 3.63) is 75.3 Å². The maximum absolute atomic E-state index is 6.20. The van der Waals surface area contributed by atoms with Crippen molar-refractivity contribution in [1.29, 1.82) is 0 Å². The molecule has 0 amide bonds. The van der Waals surface area contributed by atoms with E-state index in [2.05, 4.69) is 59.8 Å². The molecule has 2 aliphatic heterocycles. The number of nitrogens with one attached hydrogen (secondary N) is 1. The summed E-state index contributed by atoms with van der Waals surface area (Å²) in [6, 6.07) is 12.7. The largest absolute Gasteiger partial charge is 0.369 e. The minimum atomic E-state index is 0.0821. The quantitative estimate of drug-likeness (QED) is 0.626. The fourth-order valence-electron chi connectivity index (χ4n) is 4.53. The molecule has 0 saturated carbocycles. The van der Waals surface area contributed by atoms with Crippen LogP contribution in [0.25, 0.3) is 5.70 Å². The third-order valence-electron chi connectivity index (χ3n) is 6.66. The number of halogens is 2. The van der Waals surface area contributed by atoms with Gasteiger partial charge in [0, 0.05) is 56.1 Å². The van der Waals surface area contributed by atoms with Gasteiger partial charge in [-0.05, 0) is 55.5 Å². The highest BCUT2D eigenvalue weighted by atomic mass is 35.5. The average Bonchev–Trinajstić information content (AvgIpc) is 3.20. The summed E-state index contributed by atoms with van der Waals surface area (Å²) in [5.74, 6) is 0. The van der Waals surface area contributed by atoms with Crippen molar-refractivity contribution >= 4 is 28.9 Å². The van der Waals surface area contributed by atoms with Crippen LogP contribution in [0.1, 0.15) is 42.5 Å². The molecule has 3 nitrogen and oxygen atoms in total. The summed E-state index contributed by atoms with van der Waals surface area (Å²) in [7, 11) is 0. The van der Waals surface area contributed by atoms with E-state index in [0.29, 0.717) is 10.0 Å². The van der Waals surface area contributed by atoms with E-state index < -0.39 is 0 Å². The first kappa shape index (κ1) is 21.7. The molecule has 5 heteroatoms. The first-order valence-electron chi connectivity index (χ1n) is 10.8. The fourth-order valence-corrected chi connectivity index (χ4v) is 4.85. The summed E-state index contributed by atoms with van der Waals surface area (Å²) in [5.41, 5.74) is 6.69. The molecule has 2 heterocycles. The molecule has 30 heavy (non-hydrogen) atoms. The molecule has 0 radical (unpaired) electrons. The van der Waals surface area contributed by atoms with Gasteiger partial charge in [-0.3, -0.25) is 4.90 Å². The number of benzene rings is 2. The number of hydrogen-bond donors (Lipinski definition) is 1. The van der Waals surface area contributed by atoms with Crippen molar-refractivity contribution in [2.24, 2.45) is 0 Å². The first-order chi connectivity index (χ1) is 14.3. The second kappa shape index (κ2) is 8.92. The lowest BCUT2D eigenvalue weighted by Gasteiger charge is -2.36. The van der Waals surface area contributed by atoms with Crippen molar-refractivity contribution in [3.63, 3.8) is 0 Å². The van der Waals surface area contributed by atoms with E-state index in [4.69, 9.17) is 23.2 Å². The van der Waals surface area contributed by atoms with Crippen molar-refractivity contribution in [3.8, 4) is 0 Å². The Balaban J connectivity index is 1.46. The molecule has 1 fully saturated rings. The smallest absolute Gasteiger partial charge is 0.0595 e. The van der Waals surface area contributed by atoms with Crippen LogP contribution in [0.15, 0.2) is 43.0 Å². The summed E-state index contributed by atoms with van der Waals surface area (Å²) in [5, 5.41) is 4.68. The Bertz CT molecular complexity index is 932. The van der Waals surface area contributed by atoms with Gasteiger partial charge in [0.25, 0.3) is 0 Å². The highest BCUT2D eigenvalue weighted by molar-refractivity contribution is 6.42. The summed E-state index contributed by atoms with van der Waals surface area (Å²) in [6.07, 6.45) is 2.05. The Kier molecular flexibility index (Phi) is 6.45. The van der Waals surface area contributed by atoms with E-state index in [1.807, 2.05) is 12.1 Å². The molecule has 4 rings (SSSR count). The lowest BCUT2D eigenvalue weighted by atomic mass is 9.93. The number of rotatable bonds is 6. The number of aryl methyl sites for hydroxylation is 1. The van der Waals surface area contributed by atoms with Crippen molar-refractivity contribution in [1.82, 2.24) is 15.1 Å². The zero-order valence-electron chi connectivity index (χ0n) is 18.0. The van der Waals surface area contributed by atoms with Gasteiger partial charge >= 0.3 is 0 Å². The van der Waals surface area contributed by atoms with E-state index in [0.717, 1.165) is 52.1 Å². The molecule has 2 aromatic rings. The number of hydrogen-bond acceptors (Lipinski definition) is 3. The fraction of sp³-hybridized carbons (Fsp3) is 0.440. The van der Waals surface area contributed by atoms with Gasteiger partial charge in [-0.1, -0.05) is 54.0 Å². The Hall–Kier alpha value is -1.52. The standard InChI is InChI=1S/C25H31Cl2N3/c1-18(29-13-11-28-12-14-29)21-6-4-5-20-16-30(17-22(20)21)25(2,3)10-9-19-7-8-23(26)24(27)15-19/h4-8,15,28H,1,9-14,16-17H2,2-3H3. The van der Waals surface area contributed by atoms with Crippen LogP contribution in [0.2, 0.25) is 10.0 Å². The highest BCUT2D eigenvalue weighted by Gasteiger charge is 2.33. The van der Waals surface area contributed by atoms with Crippen LogP contribution in [0.4, 0.5) is 0 Å². The predicted octanol–water partition coefficient (Wildman–Crippen LogP) is 5.60. The molecule has 0 aromatic heterocycles. The normalized spacial score (nSPS) is 17.3. The van der Waals surface area contributed by atoms with Crippen molar-refractivity contribution in [2.75, 3.05) is 26.2 Å². The lowest BCUT2D eigenvalue weighted by Crippen LogP contribution is -2.42. The monoisotopic (exact) mass is 443 g/mol. The van der Waals surface area contributed by atoms with Crippen LogP contribution in [-0.2, 0) is 19.5 Å². The molecule has 1 N–H and O–H groups in total. The third-order valence-corrected chi connectivity index (χ3v) is 7.40. The molecule has 0 aliphatic carbocycles. The van der Waals surface area contributed by atoms with Gasteiger partial charge in [0.15, 0.2) is 0 Å². The summed E-state index contributed by atoms with van der Waals surface area (Å²) >= 11 is 12.3. The lowest BCUT2D eigenvalue weighted by molar-refractivity contribution is 0.109. The number of piperazine rings is 1. The van der Waals surface area contributed by atoms with Gasteiger partial charge in [0.1, 0.15) is 0 Å². The second-order valence-electron chi connectivity index (χ2n) is 9.04. The van der Waals surface area contributed by atoms with E-state index >= 15 is 0 Å². The molecular formula is C25H31Cl2N3. The maximum atomic E-state index is 6.20. The molecule has 160 valence electrons. The van der Waals surface area contributed by atoms with Crippen LogP contribution in [0.5, 0.6) is 0 Å². The van der Waals surface area contributed by atoms with E-state index in [-0.39, 0.29) is 5.54 Å². The van der Waals surface area contributed by atoms with Crippen molar-refractivity contribution < 1.29 is 0 Å². The van der Waals surface area contributed by atoms with E-state index in [9.17, 15) is 0 Å². The third kappa shape index (κ3) is 4.55. The molecule has 2 aliphatic rings. The maximum Gasteiger partial charge on any atom is 0.0595 e. The Labute approximate surface area is 190 Å². The molecule has 0 unspecified atom stereocenters. The van der Waals surface area contributed by atoms with Crippen LogP contribution < -0.4 is 5.32 Å². The molecule has 0 spiro atoms. The van der Waals surface area contributed by atoms with Gasteiger partial charge in [-0.25, -0.2) is 0 Å². The van der Waals surface area contributed by atoms with Gasteiger partial charge < -0.3 is 10.2 Å². The molecule has 0 bridgehead atoms. The first-order valence-corrected chi connectivity index (χ1v) is 11.6. The zero-order valence-corrected chi connectivity index (χ0v) is 19.5. The minimum Gasteiger partial charge on any atom is -0.369 e. The Morgan fingerprint density at radius 1 is 1.07 bits per heavy atom. The molecule has 0 atom stereocenters. The summed E-state index contributed by atoms with van der Waals surface area (Å²) < 4.78 is 0. The Morgan fingerprint density at radius 2 is 1.83 bits per heavy atom. The van der Waals surface area contributed by atoms with Gasteiger partial charge in [0.05, 0.1) is 10.0 Å². The molecule has 2 aromatic carbocycles. The van der Waals surface area contributed by atoms with Crippen LogP contribution in [0.3, 0.4) is 0 Å². The zero-order chi connectivity index (χ0) is 21.3. The van der Waals surface area contributed by atoms with Crippen LogP contribution >= 0.6 is 23.2 Å². The summed E-state index contributed by atoms with van der Waals surface area (Å²) in [6.45, 7) is 15.2. The average molecular weight is 444 g/mol. The number of fused-ring (bicyclic) bond motifs is 1. The van der Waals surface area contributed by atoms with Gasteiger partial charge in [-0.2, -0.15) is 0 Å². The molecule has 1 saturated heterocycles. The summed E-state index contributed by atoms with van der Waals surface area (Å²) in [4.78, 5) is 5.02. The van der Waals surface area contributed by atoms with E-state index in [1.165, 1.54) is 28.0 Å². The Morgan fingerprint density at radius 3 is 2.57 bits per heavy atom. The van der Waals surface area contributed by atoms with E-state index in [1.54, 1.807) is 0 Å². The number of nitrogens with zero attached hydrogens (tertiary/aromatic N) is 2. The predicted molar refractivity (Wildman–Crippen MR) is 128 cm³/mol. The topological polar surface area (TPSA) is 18.5 Å². The SMILES string of the molecule is C=C(c1cccc2c1CN(C(C)(C)CCc1ccc(Cl)c(Cl)c1)C2)N1CCNCC1. The van der Waals surface area contributed by atoms with Crippen molar-refractivity contribution in [2.45, 2.75) is 45.3 Å².